The molecule has 1 atom stereocenters. The molecule has 4 rings (SSSR count). The number of benzene rings is 3. The molecule has 1 amide bonds. The lowest BCUT2D eigenvalue weighted by atomic mass is 9.95. The first-order chi connectivity index (χ1) is 15.5. The fraction of sp³-hybridized carbons (Fsp3) is 0.120. The molecule has 0 radical (unpaired) electrons. The normalized spacial score (nSPS) is 17.5. The Kier molecular flexibility index (Phi) is 5.81. The number of aliphatic hydroxyl groups is 1. The molecule has 1 fully saturated rings. The van der Waals surface area contributed by atoms with Crippen molar-refractivity contribution in [3.05, 3.63) is 117 Å². The van der Waals surface area contributed by atoms with E-state index in [1.54, 1.807) is 30.3 Å². The zero-order valence-corrected chi connectivity index (χ0v) is 17.0. The highest BCUT2D eigenvalue weighted by Gasteiger charge is 2.45. The first-order valence-electron chi connectivity index (χ1n) is 10.1. The number of likely N-dealkylation sites (tertiary alicyclic amines) is 1. The molecule has 0 spiro atoms. The van der Waals surface area contributed by atoms with E-state index in [9.17, 15) is 24.8 Å². The Morgan fingerprint density at radius 3 is 2.09 bits per heavy atom. The third kappa shape index (κ3) is 4.00. The van der Waals surface area contributed by atoms with Gasteiger partial charge in [-0.05, 0) is 29.7 Å². The number of Topliss-reactive ketones (excluding diaryl/α,β-unsaturated/α-hetero) is 1. The summed E-state index contributed by atoms with van der Waals surface area (Å²) in [7, 11) is 0. The summed E-state index contributed by atoms with van der Waals surface area (Å²) in [6, 6.07) is 22.9. The van der Waals surface area contributed by atoms with E-state index in [0.717, 1.165) is 5.56 Å². The fourth-order valence-electron chi connectivity index (χ4n) is 3.88. The predicted molar refractivity (Wildman–Crippen MR) is 119 cm³/mol. The molecule has 0 unspecified atom stereocenters. The summed E-state index contributed by atoms with van der Waals surface area (Å²) in [6.45, 7) is 0.252. The standard InChI is InChI=1S/C25H20N2O5/c28-23(19-9-5-2-6-10-19)21-22(18-11-13-20(14-12-18)27(31)32)26(25(30)24(21)29)16-15-17-7-3-1-4-8-17/h1-14,22,28H,15-16H2/t22-/m0/s1. The molecule has 0 aromatic heterocycles. The highest BCUT2D eigenvalue weighted by Crippen LogP contribution is 2.39. The molecule has 0 bridgehead atoms. The zero-order valence-electron chi connectivity index (χ0n) is 17.0. The minimum absolute atomic E-state index is 0.0249. The second kappa shape index (κ2) is 8.85. The number of rotatable bonds is 6. The van der Waals surface area contributed by atoms with Crippen LogP contribution in [0.5, 0.6) is 0 Å². The van der Waals surface area contributed by atoms with Crippen LogP contribution in [0.2, 0.25) is 0 Å². The maximum absolute atomic E-state index is 13.0. The van der Waals surface area contributed by atoms with Crippen molar-refractivity contribution in [3.63, 3.8) is 0 Å². The van der Waals surface area contributed by atoms with Gasteiger partial charge in [-0.2, -0.15) is 0 Å². The van der Waals surface area contributed by atoms with Crippen molar-refractivity contribution >= 4 is 23.1 Å². The van der Waals surface area contributed by atoms with Gasteiger partial charge in [0.15, 0.2) is 0 Å². The summed E-state index contributed by atoms with van der Waals surface area (Å²) in [6.07, 6.45) is 0.517. The van der Waals surface area contributed by atoms with Crippen molar-refractivity contribution in [1.82, 2.24) is 4.90 Å². The van der Waals surface area contributed by atoms with Crippen molar-refractivity contribution < 1.29 is 19.6 Å². The van der Waals surface area contributed by atoms with Crippen LogP contribution in [0.25, 0.3) is 5.76 Å². The minimum Gasteiger partial charge on any atom is -0.507 e. The maximum atomic E-state index is 13.0. The lowest BCUT2D eigenvalue weighted by Gasteiger charge is -2.25. The Morgan fingerprint density at radius 2 is 1.50 bits per heavy atom. The number of non-ortho nitro benzene ring substituents is 1. The molecule has 7 heteroatoms. The molecular formula is C25H20N2O5. The number of carbonyl (C=O) groups excluding carboxylic acids is 2. The van der Waals surface area contributed by atoms with Crippen molar-refractivity contribution in [2.24, 2.45) is 0 Å². The molecule has 0 saturated carbocycles. The van der Waals surface area contributed by atoms with Crippen LogP contribution in [0.4, 0.5) is 5.69 Å². The van der Waals surface area contributed by atoms with Crippen LogP contribution in [0.1, 0.15) is 22.7 Å². The number of hydrogen-bond acceptors (Lipinski definition) is 5. The number of hydrogen-bond donors (Lipinski definition) is 1. The summed E-state index contributed by atoms with van der Waals surface area (Å²) in [5.41, 5.74) is 1.81. The van der Waals surface area contributed by atoms with Gasteiger partial charge in [0.1, 0.15) is 5.76 Å². The third-order valence-corrected chi connectivity index (χ3v) is 5.49. The van der Waals surface area contributed by atoms with Crippen LogP contribution < -0.4 is 0 Å². The number of nitro groups is 1. The summed E-state index contributed by atoms with van der Waals surface area (Å²) in [5, 5.41) is 22.0. The minimum atomic E-state index is -0.847. The molecule has 3 aromatic carbocycles. The van der Waals surface area contributed by atoms with E-state index >= 15 is 0 Å². The second-order valence-electron chi connectivity index (χ2n) is 7.44. The number of nitro benzene ring substituents is 1. The van der Waals surface area contributed by atoms with E-state index in [1.165, 1.54) is 29.2 Å². The molecule has 1 saturated heterocycles. The molecule has 3 aromatic rings. The monoisotopic (exact) mass is 428 g/mol. The van der Waals surface area contributed by atoms with Gasteiger partial charge >= 0.3 is 0 Å². The van der Waals surface area contributed by atoms with Crippen molar-refractivity contribution in [2.75, 3.05) is 6.54 Å². The molecule has 0 aliphatic carbocycles. The number of nitrogens with zero attached hydrogens (tertiary/aromatic N) is 2. The Hall–Kier alpha value is -4.26. The summed E-state index contributed by atoms with van der Waals surface area (Å²) >= 11 is 0. The first-order valence-corrected chi connectivity index (χ1v) is 10.1. The first kappa shape index (κ1) is 21.0. The lowest BCUT2D eigenvalue weighted by molar-refractivity contribution is -0.384. The van der Waals surface area contributed by atoms with E-state index in [2.05, 4.69) is 0 Å². The average molecular weight is 428 g/mol. The Bertz CT molecular complexity index is 1190. The van der Waals surface area contributed by atoms with Gasteiger partial charge in [0.05, 0.1) is 16.5 Å². The van der Waals surface area contributed by atoms with Gasteiger partial charge in [-0.1, -0.05) is 60.7 Å². The average Bonchev–Trinajstić information content (AvgIpc) is 3.08. The highest BCUT2D eigenvalue weighted by molar-refractivity contribution is 6.46. The van der Waals surface area contributed by atoms with Gasteiger partial charge in [0, 0.05) is 24.2 Å². The number of ketones is 1. The Balaban J connectivity index is 1.78. The molecule has 1 aliphatic rings. The molecule has 32 heavy (non-hydrogen) atoms. The number of aliphatic hydroxyl groups excluding tert-OH is 1. The lowest BCUT2D eigenvalue weighted by Crippen LogP contribution is -2.31. The quantitative estimate of drug-likeness (QED) is 0.208. The Labute approximate surface area is 184 Å². The van der Waals surface area contributed by atoms with Gasteiger partial charge < -0.3 is 10.0 Å². The van der Waals surface area contributed by atoms with E-state index in [0.29, 0.717) is 17.5 Å². The molecule has 1 heterocycles. The van der Waals surface area contributed by atoms with E-state index < -0.39 is 22.7 Å². The maximum Gasteiger partial charge on any atom is 0.295 e. The summed E-state index contributed by atoms with van der Waals surface area (Å²) in [5.74, 6) is -1.75. The van der Waals surface area contributed by atoms with E-state index in [4.69, 9.17) is 0 Å². The van der Waals surface area contributed by atoms with Crippen LogP contribution in [0.3, 0.4) is 0 Å². The molecule has 160 valence electrons. The van der Waals surface area contributed by atoms with Crippen molar-refractivity contribution in [2.45, 2.75) is 12.5 Å². The SMILES string of the molecule is O=C1C(=O)N(CCc2ccccc2)[C@@H](c2ccc([N+](=O)[O-])cc2)C1=C(O)c1ccccc1. The number of amides is 1. The molecule has 1 N–H and O–H groups in total. The van der Waals surface area contributed by atoms with E-state index in [1.807, 2.05) is 30.3 Å². The fourth-order valence-corrected chi connectivity index (χ4v) is 3.88. The van der Waals surface area contributed by atoms with Crippen LogP contribution in [0, 0.1) is 10.1 Å². The van der Waals surface area contributed by atoms with Gasteiger partial charge in [0.25, 0.3) is 17.4 Å². The van der Waals surface area contributed by atoms with Gasteiger partial charge in [-0.25, -0.2) is 0 Å². The molecule has 1 aliphatic heterocycles. The number of carbonyl (C=O) groups is 2. The summed E-state index contributed by atoms with van der Waals surface area (Å²) in [4.78, 5) is 37.9. The second-order valence-corrected chi connectivity index (χ2v) is 7.44. The predicted octanol–water partition coefficient (Wildman–Crippen LogP) is 4.26. The zero-order chi connectivity index (χ0) is 22.7. The molecule has 7 nitrogen and oxygen atoms in total. The van der Waals surface area contributed by atoms with Gasteiger partial charge in [-0.3, -0.25) is 19.7 Å². The van der Waals surface area contributed by atoms with E-state index in [-0.39, 0.29) is 23.6 Å². The van der Waals surface area contributed by atoms with Crippen LogP contribution >= 0.6 is 0 Å². The van der Waals surface area contributed by atoms with Crippen molar-refractivity contribution in [1.29, 1.82) is 0 Å². The third-order valence-electron chi connectivity index (χ3n) is 5.49. The van der Waals surface area contributed by atoms with Gasteiger partial charge in [0.2, 0.25) is 0 Å². The summed E-state index contributed by atoms with van der Waals surface area (Å²) < 4.78 is 0. The van der Waals surface area contributed by atoms with Crippen LogP contribution in [-0.4, -0.2) is 33.2 Å². The van der Waals surface area contributed by atoms with Crippen LogP contribution in [-0.2, 0) is 16.0 Å². The van der Waals surface area contributed by atoms with Crippen LogP contribution in [0.15, 0.2) is 90.5 Å². The topological polar surface area (TPSA) is 101 Å². The Morgan fingerprint density at radius 1 is 0.906 bits per heavy atom. The highest BCUT2D eigenvalue weighted by atomic mass is 16.6. The molecular weight excluding hydrogens is 408 g/mol. The van der Waals surface area contributed by atoms with Crippen molar-refractivity contribution in [3.8, 4) is 0 Å². The van der Waals surface area contributed by atoms with Gasteiger partial charge in [-0.15, -0.1) is 0 Å². The largest absolute Gasteiger partial charge is 0.507 e. The smallest absolute Gasteiger partial charge is 0.295 e.